The van der Waals surface area contributed by atoms with Crippen LogP contribution < -0.4 is 10.6 Å². The predicted octanol–water partition coefficient (Wildman–Crippen LogP) is 6.05. The van der Waals surface area contributed by atoms with Crippen LogP contribution in [0.25, 0.3) is 22.3 Å². The minimum Gasteiger partial charge on any atom is -0.454 e. The van der Waals surface area contributed by atoms with E-state index in [0.29, 0.717) is 30.4 Å². The molecule has 0 radical (unpaired) electrons. The first-order valence-electron chi connectivity index (χ1n) is 13.6. The van der Waals surface area contributed by atoms with Crippen molar-refractivity contribution in [3.63, 3.8) is 0 Å². The van der Waals surface area contributed by atoms with Crippen LogP contribution in [0.5, 0.6) is 0 Å². The van der Waals surface area contributed by atoms with Gasteiger partial charge >= 0.3 is 0 Å². The van der Waals surface area contributed by atoms with Crippen LogP contribution in [0.3, 0.4) is 0 Å². The van der Waals surface area contributed by atoms with E-state index in [9.17, 15) is 5.11 Å². The molecule has 3 N–H and O–H groups in total. The average molecular weight is 551 g/mol. The quantitative estimate of drug-likeness (QED) is 0.205. The van der Waals surface area contributed by atoms with E-state index < -0.39 is 0 Å². The maximum atomic E-state index is 10.2. The smallest absolute Gasteiger partial charge is 0.225 e. The first kappa shape index (κ1) is 27.5. The van der Waals surface area contributed by atoms with Gasteiger partial charge in [0.15, 0.2) is 5.58 Å². The fraction of sp³-hybridized carbons (Fsp3) is 0.517. The van der Waals surface area contributed by atoms with Crippen molar-refractivity contribution in [3.8, 4) is 11.3 Å². The molecule has 1 aliphatic rings. The van der Waals surface area contributed by atoms with E-state index in [1.807, 2.05) is 17.5 Å². The van der Waals surface area contributed by atoms with Crippen LogP contribution >= 0.6 is 11.3 Å². The molecule has 0 aromatic carbocycles. The summed E-state index contributed by atoms with van der Waals surface area (Å²) in [6, 6.07) is 4.04. The highest BCUT2D eigenvalue weighted by atomic mass is 32.1. The van der Waals surface area contributed by atoms with E-state index in [4.69, 9.17) is 19.1 Å². The number of aliphatic hydroxyl groups is 1. The van der Waals surface area contributed by atoms with Gasteiger partial charge in [0.05, 0.1) is 36.3 Å². The van der Waals surface area contributed by atoms with Crippen molar-refractivity contribution < 1.29 is 14.3 Å². The fourth-order valence-corrected chi connectivity index (χ4v) is 6.15. The molecule has 0 spiro atoms. The van der Waals surface area contributed by atoms with Crippen molar-refractivity contribution in [1.82, 2.24) is 19.9 Å². The number of methoxy groups -OCH3 is 1. The van der Waals surface area contributed by atoms with Gasteiger partial charge in [0.25, 0.3) is 0 Å². The van der Waals surface area contributed by atoms with E-state index in [0.717, 1.165) is 58.8 Å². The van der Waals surface area contributed by atoms with Crippen molar-refractivity contribution in [3.05, 3.63) is 46.3 Å². The summed E-state index contributed by atoms with van der Waals surface area (Å²) in [4.78, 5) is 18.8. The van der Waals surface area contributed by atoms with Crippen LogP contribution in [0.15, 0.2) is 34.3 Å². The minimum atomic E-state index is -0.268. The summed E-state index contributed by atoms with van der Waals surface area (Å²) in [6.07, 6.45) is 7.09. The van der Waals surface area contributed by atoms with Crippen LogP contribution in [0.2, 0.25) is 0 Å². The molecule has 0 aliphatic heterocycles. The highest BCUT2D eigenvalue weighted by Crippen LogP contribution is 2.50. The van der Waals surface area contributed by atoms with Crippen molar-refractivity contribution in [2.24, 2.45) is 11.3 Å². The van der Waals surface area contributed by atoms with E-state index in [1.165, 1.54) is 0 Å². The maximum Gasteiger partial charge on any atom is 0.225 e. The molecule has 4 aromatic heterocycles. The summed E-state index contributed by atoms with van der Waals surface area (Å²) < 4.78 is 11.6. The summed E-state index contributed by atoms with van der Waals surface area (Å²) in [5.74, 6) is 2.21. The number of rotatable bonds is 11. The van der Waals surface area contributed by atoms with Crippen LogP contribution in [-0.4, -0.2) is 44.3 Å². The molecular formula is C29H38N6O3S. The summed E-state index contributed by atoms with van der Waals surface area (Å²) >= 11 is 1.60. The molecule has 0 saturated heterocycles. The Bertz CT molecular complexity index is 1420. The number of fused-ring (bicyclic) bond motifs is 1. The highest BCUT2D eigenvalue weighted by Gasteiger charge is 2.49. The van der Waals surface area contributed by atoms with Gasteiger partial charge in [-0.05, 0) is 49.7 Å². The predicted molar refractivity (Wildman–Crippen MR) is 155 cm³/mol. The van der Waals surface area contributed by atoms with E-state index in [-0.39, 0.29) is 23.5 Å². The first-order valence-corrected chi connectivity index (χ1v) is 14.5. The third-order valence-electron chi connectivity index (χ3n) is 8.33. The molecule has 5 rings (SSSR count). The zero-order valence-electron chi connectivity index (χ0n) is 23.4. The number of thiazole rings is 1. The molecule has 4 aromatic rings. The zero-order valence-corrected chi connectivity index (χ0v) is 24.2. The molecule has 0 amide bonds. The molecule has 3 unspecified atom stereocenters. The Balaban J connectivity index is 1.60. The van der Waals surface area contributed by atoms with Crippen molar-refractivity contribution in [1.29, 1.82) is 0 Å². The zero-order chi connectivity index (χ0) is 27.6. The molecule has 1 saturated carbocycles. The van der Waals surface area contributed by atoms with Crippen molar-refractivity contribution in [2.45, 2.75) is 72.1 Å². The molecule has 3 atom stereocenters. The van der Waals surface area contributed by atoms with Crippen LogP contribution in [-0.2, 0) is 24.3 Å². The lowest BCUT2D eigenvalue weighted by atomic mass is 9.76. The lowest BCUT2D eigenvalue weighted by molar-refractivity contribution is 0.0970. The number of aryl methyl sites for hydroxylation is 1. The second-order valence-corrected chi connectivity index (χ2v) is 12.1. The van der Waals surface area contributed by atoms with E-state index >= 15 is 0 Å². The summed E-state index contributed by atoms with van der Waals surface area (Å²) in [5, 5.41) is 21.3. The van der Waals surface area contributed by atoms with Gasteiger partial charge in [-0.3, -0.25) is 4.98 Å². The third kappa shape index (κ3) is 5.50. The Morgan fingerprint density at radius 3 is 2.74 bits per heavy atom. The maximum absolute atomic E-state index is 10.2. The Hall–Kier alpha value is -3.08. The number of pyridine rings is 1. The monoisotopic (exact) mass is 550 g/mol. The van der Waals surface area contributed by atoms with Gasteiger partial charge in [0, 0.05) is 36.2 Å². The molecule has 1 aliphatic carbocycles. The number of furan rings is 1. The second-order valence-electron chi connectivity index (χ2n) is 11.1. The lowest BCUT2D eigenvalue weighted by Gasteiger charge is -2.37. The summed E-state index contributed by atoms with van der Waals surface area (Å²) in [6.45, 7) is 9.91. The molecule has 208 valence electrons. The SMILES string of the molecule is CCCc1nc(NCc2nccs2)nc(NC2(C)CCC(C)(CO)C2C)c1-c1cc2cc(COC)ncc2o1. The molecule has 9 nitrogen and oxygen atoms in total. The number of aromatic nitrogens is 4. The molecule has 0 bridgehead atoms. The van der Waals surface area contributed by atoms with Gasteiger partial charge in [-0.1, -0.05) is 27.2 Å². The van der Waals surface area contributed by atoms with Crippen molar-refractivity contribution >= 4 is 34.1 Å². The Kier molecular flexibility index (Phi) is 7.89. The largest absolute Gasteiger partial charge is 0.454 e. The first-order chi connectivity index (χ1) is 18.8. The average Bonchev–Trinajstić information content (AvgIpc) is 3.64. The third-order valence-corrected chi connectivity index (χ3v) is 9.11. The standard InChI is InChI=1S/C29H38N6O3S/c1-6-7-21-25(22-13-19-12-20(16-37-5)31-14-23(19)38-22)26(34-27(33-21)32-15-24-30-10-11-39-24)35-29(4)9-8-28(3,17-36)18(29)2/h10-14,18,36H,6-9,15-17H2,1-5H3,(H2,32,33,34,35). The number of aliphatic hydroxyl groups excluding tert-OH is 1. The number of hydrogen-bond acceptors (Lipinski definition) is 10. The van der Waals surface area contributed by atoms with Gasteiger partial charge in [0.2, 0.25) is 5.95 Å². The topological polar surface area (TPSA) is 118 Å². The molecule has 1 fully saturated rings. The summed E-state index contributed by atoms with van der Waals surface area (Å²) in [7, 11) is 1.66. The van der Waals surface area contributed by atoms with Crippen molar-refractivity contribution in [2.75, 3.05) is 24.4 Å². The van der Waals surface area contributed by atoms with Gasteiger partial charge in [-0.2, -0.15) is 4.98 Å². The Labute approximate surface area is 233 Å². The second kappa shape index (κ2) is 11.2. The van der Waals surface area contributed by atoms with Gasteiger partial charge in [0.1, 0.15) is 16.6 Å². The van der Waals surface area contributed by atoms with Crippen LogP contribution in [0.4, 0.5) is 11.8 Å². The number of anilines is 2. The van der Waals surface area contributed by atoms with E-state index in [1.54, 1.807) is 30.8 Å². The van der Waals surface area contributed by atoms with Gasteiger partial charge in [-0.15, -0.1) is 11.3 Å². The Morgan fingerprint density at radius 2 is 2.05 bits per heavy atom. The number of nitrogens with zero attached hydrogens (tertiary/aromatic N) is 4. The van der Waals surface area contributed by atoms with Gasteiger partial charge < -0.3 is 24.9 Å². The molecular weight excluding hydrogens is 512 g/mol. The molecule has 39 heavy (non-hydrogen) atoms. The van der Waals surface area contributed by atoms with Crippen LogP contribution in [0.1, 0.15) is 63.4 Å². The van der Waals surface area contributed by atoms with Crippen LogP contribution in [0, 0.1) is 11.3 Å². The van der Waals surface area contributed by atoms with Gasteiger partial charge in [-0.25, -0.2) is 9.97 Å². The minimum absolute atomic E-state index is 0.157. The Morgan fingerprint density at radius 1 is 1.21 bits per heavy atom. The summed E-state index contributed by atoms with van der Waals surface area (Å²) in [5.41, 5.74) is 2.91. The number of ether oxygens (including phenoxy) is 1. The molecule has 4 heterocycles. The number of nitrogens with one attached hydrogen (secondary N) is 2. The lowest BCUT2D eigenvalue weighted by Crippen LogP contribution is -2.43. The van der Waals surface area contributed by atoms with E-state index in [2.05, 4.69) is 48.3 Å². The normalized spacial score (nSPS) is 23.0. The molecule has 10 heteroatoms. The highest BCUT2D eigenvalue weighted by molar-refractivity contribution is 7.09. The fourth-order valence-electron chi connectivity index (χ4n) is 5.59. The number of hydrogen-bond donors (Lipinski definition) is 3.